The molecule has 4 aromatic rings. The van der Waals surface area contributed by atoms with Gasteiger partial charge in [-0.15, -0.1) is 0 Å². The van der Waals surface area contributed by atoms with Crippen molar-refractivity contribution >= 4 is 22.6 Å². The highest BCUT2D eigenvalue weighted by atomic mass is 16.5. The number of fused-ring (bicyclic) bond motifs is 1. The van der Waals surface area contributed by atoms with E-state index in [1.165, 1.54) is 12.3 Å². The normalized spacial score (nSPS) is 10.8. The van der Waals surface area contributed by atoms with E-state index in [4.69, 9.17) is 14.3 Å². The summed E-state index contributed by atoms with van der Waals surface area (Å²) in [5.74, 6) is 0.481. The molecular weight excluding hydrogens is 388 g/mol. The maximum atomic E-state index is 12.7. The summed E-state index contributed by atoms with van der Waals surface area (Å²) in [7, 11) is 0. The highest BCUT2D eigenvalue weighted by Gasteiger charge is 2.14. The molecule has 4 rings (SSSR count). The van der Waals surface area contributed by atoms with Crippen LogP contribution in [0.5, 0.6) is 5.75 Å². The zero-order chi connectivity index (χ0) is 20.9. The molecule has 30 heavy (non-hydrogen) atoms. The summed E-state index contributed by atoms with van der Waals surface area (Å²) in [6.07, 6.45) is 1.80. The molecule has 0 fully saturated rings. The molecule has 1 amide bonds. The maximum Gasteiger partial charge on any atom is 0.277 e. The van der Waals surface area contributed by atoms with Crippen LogP contribution >= 0.6 is 0 Å². The molecular formula is C21H18N4O5. The quantitative estimate of drug-likeness (QED) is 0.402. The molecule has 9 heteroatoms. The maximum absolute atomic E-state index is 12.7. The first-order valence-corrected chi connectivity index (χ1v) is 9.24. The van der Waals surface area contributed by atoms with Gasteiger partial charge in [0.25, 0.3) is 5.91 Å². The van der Waals surface area contributed by atoms with Gasteiger partial charge in [0, 0.05) is 24.8 Å². The molecule has 9 nitrogen and oxygen atoms in total. The predicted molar refractivity (Wildman–Crippen MR) is 109 cm³/mol. The van der Waals surface area contributed by atoms with Gasteiger partial charge in [-0.1, -0.05) is 12.1 Å². The Hall–Kier alpha value is -3.98. The molecule has 0 radical (unpaired) electrons. The third-order valence-corrected chi connectivity index (χ3v) is 4.35. The van der Waals surface area contributed by atoms with Gasteiger partial charge in [-0.2, -0.15) is 15.4 Å². The highest BCUT2D eigenvalue weighted by molar-refractivity contribution is 6.03. The number of hydrogen-bond acceptors (Lipinski definition) is 7. The van der Waals surface area contributed by atoms with E-state index in [0.717, 1.165) is 0 Å². The first-order valence-electron chi connectivity index (χ1n) is 9.24. The molecule has 0 aliphatic carbocycles. The van der Waals surface area contributed by atoms with Gasteiger partial charge in [-0.05, 0) is 30.3 Å². The van der Waals surface area contributed by atoms with Gasteiger partial charge in [-0.25, -0.2) is 0 Å². The number of nitrogens with one attached hydrogen (secondary N) is 2. The van der Waals surface area contributed by atoms with Crippen LogP contribution < -0.4 is 15.5 Å². The van der Waals surface area contributed by atoms with Crippen LogP contribution in [0.25, 0.3) is 22.3 Å². The van der Waals surface area contributed by atoms with Crippen LogP contribution in [0.1, 0.15) is 16.9 Å². The number of aromatic nitrogens is 3. The number of ether oxygens (including phenoxy) is 1. The molecule has 152 valence electrons. The summed E-state index contributed by atoms with van der Waals surface area (Å²) in [5, 5.41) is 21.6. The number of anilines is 1. The van der Waals surface area contributed by atoms with E-state index in [0.29, 0.717) is 46.8 Å². The van der Waals surface area contributed by atoms with Crippen molar-refractivity contribution < 1.29 is 19.1 Å². The Bertz CT molecular complexity index is 1230. The van der Waals surface area contributed by atoms with E-state index in [2.05, 4.69) is 20.7 Å². The average molecular weight is 406 g/mol. The SMILES string of the molecule is O=C(Nc1ccc2oc(-c3ccccc3OCCCO)cc(=O)c2c1)c1cn[nH]n1. The minimum absolute atomic E-state index is 0.0305. The van der Waals surface area contributed by atoms with Crippen LogP contribution in [0.3, 0.4) is 0 Å². The van der Waals surface area contributed by atoms with Crippen LogP contribution in [0.2, 0.25) is 0 Å². The largest absolute Gasteiger partial charge is 0.493 e. The second-order valence-corrected chi connectivity index (χ2v) is 6.42. The number of H-pyrrole nitrogens is 1. The summed E-state index contributed by atoms with van der Waals surface area (Å²) < 4.78 is 11.6. The Morgan fingerprint density at radius 1 is 1.20 bits per heavy atom. The van der Waals surface area contributed by atoms with Gasteiger partial charge in [0.2, 0.25) is 0 Å². The number of hydrogen-bond donors (Lipinski definition) is 3. The summed E-state index contributed by atoms with van der Waals surface area (Å²) in [4.78, 5) is 24.9. The average Bonchev–Trinajstić information content (AvgIpc) is 3.30. The Balaban J connectivity index is 1.65. The summed E-state index contributed by atoms with van der Waals surface area (Å²) in [6.45, 7) is 0.378. The monoisotopic (exact) mass is 406 g/mol. The van der Waals surface area contributed by atoms with Gasteiger partial charge >= 0.3 is 0 Å². The number of aliphatic hydroxyl groups excluding tert-OH is 1. The molecule has 0 unspecified atom stereocenters. The minimum Gasteiger partial charge on any atom is -0.493 e. The number of amides is 1. The minimum atomic E-state index is -0.446. The standard InChI is InChI=1S/C21H18N4O5/c26-8-3-9-29-18-5-2-1-4-14(18)20-11-17(27)15-10-13(6-7-19(15)30-20)23-21(28)16-12-22-25-24-16/h1-2,4-7,10-12,26H,3,8-9H2,(H,23,28)(H,22,24,25). The lowest BCUT2D eigenvalue weighted by molar-refractivity contribution is 0.102. The van der Waals surface area contributed by atoms with Gasteiger partial charge in [0.05, 0.1) is 23.8 Å². The van der Waals surface area contributed by atoms with Crippen molar-refractivity contribution in [2.24, 2.45) is 0 Å². The predicted octanol–water partition coefficient (Wildman–Crippen LogP) is 2.59. The van der Waals surface area contributed by atoms with Crippen molar-refractivity contribution in [3.63, 3.8) is 0 Å². The van der Waals surface area contributed by atoms with Crippen LogP contribution in [0.15, 0.2) is 63.9 Å². The molecule has 0 saturated heterocycles. The van der Waals surface area contributed by atoms with Gasteiger partial charge < -0.3 is 19.6 Å². The van der Waals surface area contributed by atoms with E-state index in [1.54, 1.807) is 30.3 Å². The van der Waals surface area contributed by atoms with Crippen molar-refractivity contribution in [2.75, 3.05) is 18.5 Å². The molecule has 0 aliphatic heterocycles. The van der Waals surface area contributed by atoms with Crippen molar-refractivity contribution in [1.29, 1.82) is 0 Å². The Morgan fingerprint density at radius 3 is 2.87 bits per heavy atom. The Labute approximate surface area is 170 Å². The van der Waals surface area contributed by atoms with Crippen molar-refractivity contribution in [3.8, 4) is 17.1 Å². The number of aromatic amines is 1. The number of benzene rings is 2. The first kappa shape index (κ1) is 19.3. The van der Waals surface area contributed by atoms with Gasteiger partial charge in [0.15, 0.2) is 11.1 Å². The van der Waals surface area contributed by atoms with E-state index in [-0.39, 0.29) is 17.7 Å². The lowest BCUT2D eigenvalue weighted by Gasteiger charge is -2.11. The highest BCUT2D eigenvalue weighted by Crippen LogP contribution is 2.31. The number of carbonyl (C=O) groups is 1. The van der Waals surface area contributed by atoms with Crippen molar-refractivity contribution in [3.05, 3.63) is 70.6 Å². The zero-order valence-corrected chi connectivity index (χ0v) is 15.8. The number of nitrogens with zero attached hydrogens (tertiary/aromatic N) is 2. The third-order valence-electron chi connectivity index (χ3n) is 4.35. The smallest absolute Gasteiger partial charge is 0.277 e. The number of para-hydroxylation sites is 1. The van der Waals surface area contributed by atoms with Crippen LogP contribution in [0, 0.1) is 0 Å². The van der Waals surface area contributed by atoms with E-state index < -0.39 is 5.91 Å². The van der Waals surface area contributed by atoms with Crippen LogP contribution in [0.4, 0.5) is 5.69 Å². The molecule has 0 aliphatic rings. The van der Waals surface area contributed by atoms with Crippen molar-refractivity contribution in [2.45, 2.75) is 6.42 Å². The van der Waals surface area contributed by atoms with Crippen LogP contribution in [-0.4, -0.2) is 39.6 Å². The summed E-state index contributed by atoms with van der Waals surface area (Å²) in [5.41, 5.74) is 1.33. The Kier molecular flexibility index (Phi) is 5.53. The second kappa shape index (κ2) is 8.58. The van der Waals surface area contributed by atoms with E-state index in [1.807, 2.05) is 12.1 Å². The fourth-order valence-electron chi connectivity index (χ4n) is 2.92. The Morgan fingerprint density at radius 2 is 2.07 bits per heavy atom. The fraction of sp³-hybridized carbons (Fsp3) is 0.143. The third kappa shape index (κ3) is 4.06. The molecule has 0 bridgehead atoms. The summed E-state index contributed by atoms with van der Waals surface area (Å²) >= 11 is 0. The molecule has 3 N–H and O–H groups in total. The second-order valence-electron chi connectivity index (χ2n) is 6.42. The molecule has 0 spiro atoms. The lowest BCUT2D eigenvalue weighted by atomic mass is 10.1. The van der Waals surface area contributed by atoms with E-state index >= 15 is 0 Å². The number of rotatable bonds is 7. The van der Waals surface area contributed by atoms with Gasteiger partial charge in [0.1, 0.15) is 17.1 Å². The molecule has 2 aromatic heterocycles. The number of aliphatic hydroxyl groups is 1. The zero-order valence-electron chi connectivity index (χ0n) is 15.8. The molecule has 2 aromatic carbocycles. The first-order chi connectivity index (χ1) is 14.7. The van der Waals surface area contributed by atoms with E-state index in [9.17, 15) is 9.59 Å². The van der Waals surface area contributed by atoms with Crippen molar-refractivity contribution in [1.82, 2.24) is 15.4 Å². The number of carbonyl (C=O) groups excluding carboxylic acids is 1. The van der Waals surface area contributed by atoms with Gasteiger partial charge in [-0.3, -0.25) is 9.59 Å². The molecule has 0 atom stereocenters. The lowest BCUT2D eigenvalue weighted by Crippen LogP contribution is -2.12. The molecule has 0 saturated carbocycles. The fourth-order valence-corrected chi connectivity index (χ4v) is 2.92. The van der Waals surface area contributed by atoms with Crippen LogP contribution in [-0.2, 0) is 0 Å². The summed E-state index contributed by atoms with van der Waals surface area (Å²) in [6, 6.07) is 13.4. The molecule has 2 heterocycles. The topological polar surface area (TPSA) is 130 Å².